The number of amides is 2. The lowest BCUT2D eigenvalue weighted by Gasteiger charge is -2.37. The Labute approximate surface area is 193 Å². The van der Waals surface area contributed by atoms with Crippen molar-refractivity contribution < 1.29 is 24.2 Å². The third-order valence-electron chi connectivity index (χ3n) is 6.99. The second-order valence-electron chi connectivity index (χ2n) is 9.24. The Morgan fingerprint density at radius 1 is 1.09 bits per heavy atom. The first-order valence-electron chi connectivity index (χ1n) is 11.8. The van der Waals surface area contributed by atoms with E-state index in [2.05, 4.69) is 10.6 Å². The van der Waals surface area contributed by atoms with Gasteiger partial charge in [0.05, 0.1) is 19.1 Å². The quantitative estimate of drug-likeness (QED) is 0.602. The lowest BCUT2D eigenvalue weighted by atomic mass is 9.83. The van der Waals surface area contributed by atoms with Gasteiger partial charge in [0, 0.05) is 29.6 Å². The van der Waals surface area contributed by atoms with Gasteiger partial charge in [0.25, 0.3) is 0 Å². The largest absolute Gasteiger partial charge is 0.487 e. The number of aliphatic hydroxyl groups is 1. The summed E-state index contributed by atoms with van der Waals surface area (Å²) in [6, 6.07) is 15.5. The average molecular weight is 451 g/mol. The Morgan fingerprint density at radius 3 is 2.64 bits per heavy atom. The summed E-state index contributed by atoms with van der Waals surface area (Å²) >= 11 is 0. The van der Waals surface area contributed by atoms with Gasteiger partial charge < -0.3 is 25.2 Å². The lowest BCUT2D eigenvalue weighted by molar-refractivity contribution is -0.142. The molecular formula is C26H30N2O5. The number of rotatable bonds is 7. The Balaban J connectivity index is 1.25. The third kappa shape index (κ3) is 4.75. The molecule has 33 heavy (non-hydrogen) atoms. The first-order valence-corrected chi connectivity index (χ1v) is 11.8. The van der Waals surface area contributed by atoms with Gasteiger partial charge in [-0.05, 0) is 43.0 Å². The van der Waals surface area contributed by atoms with Crippen LogP contribution in [-0.2, 0) is 20.9 Å². The van der Waals surface area contributed by atoms with Crippen LogP contribution >= 0.6 is 0 Å². The summed E-state index contributed by atoms with van der Waals surface area (Å²) in [6.07, 6.45) is 2.74. The van der Waals surface area contributed by atoms with Crippen LogP contribution < -0.4 is 15.4 Å². The van der Waals surface area contributed by atoms with Crippen molar-refractivity contribution >= 4 is 17.5 Å². The minimum Gasteiger partial charge on any atom is -0.487 e. The van der Waals surface area contributed by atoms with Crippen molar-refractivity contribution in [2.45, 2.75) is 62.9 Å². The molecule has 2 aromatic rings. The van der Waals surface area contributed by atoms with Crippen LogP contribution in [0.3, 0.4) is 0 Å². The molecule has 2 fully saturated rings. The van der Waals surface area contributed by atoms with Crippen molar-refractivity contribution in [3.63, 3.8) is 0 Å². The van der Waals surface area contributed by atoms with Crippen LogP contribution in [0.25, 0.3) is 0 Å². The van der Waals surface area contributed by atoms with Gasteiger partial charge in [-0.15, -0.1) is 0 Å². The molecule has 2 amide bonds. The zero-order chi connectivity index (χ0) is 22.8. The van der Waals surface area contributed by atoms with E-state index in [9.17, 15) is 14.7 Å². The van der Waals surface area contributed by atoms with Gasteiger partial charge in [-0.2, -0.15) is 0 Å². The second-order valence-corrected chi connectivity index (χ2v) is 9.24. The third-order valence-corrected chi connectivity index (χ3v) is 6.99. The molecule has 7 nitrogen and oxygen atoms in total. The Hall–Kier alpha value is -2.90. The summed E-state index contributed by atoms with van der Waals surface area (Å²) in [5, 5.41) is 15.9. The number of aliphatic hydroxyl groups excluding tert-OH is 1. The van der Waals surface area contributed by atoms with Gasteiger partial charge in [-0.1, -0.05) is 36.8 Å². The van der Waals surface area contributed by atoms with Crippen LogP contribution in [0.5, 0.6) is 5.75 Å². The average Bonchev–Trinajstić information content (AvgIpc) is 3.14. The molecule has 0 bridgehead atoms. The van der Waals surface area contributed by atoms with Gasteiger partial charge >= 0.3 is 0 Å². The Morgan fingerprint density at radius 2 is 1.91 bits per heavy atom. The van der Waals surface area contributed by atoms with Crippen LogP contribution in [0.15, 0.2) is 48.5 Å². The smallest absolute Gasteiger partial charge is 0.227 e. The molecule has 0 aromatic heterocycles. The minimum atomic E-state index is -0.504. The molecule has 2 heterocycles. The van der Waals surface area contributed by atoms with Crippen LogP contribution in [0, 0.1) is 5.92 Å². The normalized spacial score (nSPS) is 25.8. The molecule has 0 radical (unpaired) electrons. The minimum absolute atomic E-state index is 0.00150. The van der Waals surface area contributed by atoms with Crippen LogP contribution in [0.1, 0.15) is 49.1 Å². The van der Waals surface area contributed by atoms with E-state index in [1.807, 2.05) is 48.5 Å². The van der Waals surface area contributed by atoms with Gasteiger partial charge in [-0.3, -0.25) is 9.59 Å². The van der Waals surface area contributed by atoms with Crippen molar-refractivity contribution in [2.75, 3.05) is 11.9 Å². The van der Waals surface area contributed by atoms with Crippen LogP contribution in [0.4, 0.5) is 5.69 Å². The van der Waals surface area contributed by atoms with Crippen molar-refractivity contribution in [2.24, 2.45) is 5.92 Å². The van der Waals surface area contributed by atoms with Gasteiger partial charge in [0.2, 0.25) is 11.8 Å². The molecule has 2 aromatic carbocycles. The number of carbonyl (C=O) groups is 2. The fourth-order valence-corrected chi connectivity index (χ4v) is 4.96. The molecule has 1 saturated carbocycles. The molecule has 3 aliphatic rings. The maximum absolute atomic E-state index is 12.6. The molecular weight excluding hydrogens is 420 g/mol. The maximum Gasteiger partial charge on any atom is 0.227 e. The fourth-order valence-electron chi connectivity index (χ4n) is 4.96. The summed E-state index contributed by atoms with van der Waals surface area (Å²) in [6.45, 7) is 0.292. The summed E-state index contributed by atoms with van der Waals surface area (Å²) in [7, 11) is 0. The van der Waals surface area contributed by atoms with Gasteiger partial charge in [0.15, 0.2) is 0 Å². The standard InChI is InChI=1S/C26H30N2O5/c29-15-23-25-21(12-19(32-23)13-24(30)27-14-16-5-2-1-3-6-16)20-11-18(9-10-22(20)33-25)28-26(31)17-7-4-8-17/h1-3,5-6,9-11,17,19,21,23,25,29H,4,7-8,12-15H2,(H,27,30)(H,28,31)/t19-,21+,23+,25-/m1/s1. The Bertz CT molecular complexity index is 1010. The van der Waals surface area contributed by atoms with E-state index in [-0.39, 0.29) is 48.9 Å². The van der Waals surface area contributed by atoms with Crippen LogP contribution in [0.2, 0.25) is 0 Å². The molecule has 0 unspecified atom stereocenters. The molecule has 174 valence electrons. The van der Waals surface area contributed by atoms with Crippen molar-refractivity contribution in [3.8, 4) is 5.75 Å². The molecule has 1 saturated heterocycles. The molecule has 3 N–H and O–H groups in total. The fraction of sp³-hybridized carbons (Fsp3) is 0.462. The monoisotopic (exact) mass is 450 g/mol. The van der Waals surface area contributed by atoms with E-state index in [1.54, 1.807) is 0 Å². The number of fused-ring (bicyclic) bond motifs is 3. The number of anilines is 1. The topological polar surface area (TPSA) is 96.9 Å². The summed E-state index contributed by atoms with van der Waals surface area (Å²) in [5.74, 6) is 0.855. The number of benzene rings is 2. The van der Waals surface area contributed by atoms with Crippen LogP contribution in [-0.4, -0.2) is 41.8 Å². The van der Waals surface area contributed by atoms with E-state index in [0.29, 0.717) is 13.0 Å². The molecule has 7 heteroatoms. The van der Waals surface area contributed by atoms with Gasteiger partial charge in [0.1, 0.15) is 18.0 Å². The number of nitrogens with one attached hydrogen (secondary N) is 2. The summed E-state index contributed by atoms with van der Waals surface area (Å²) < 4.78 is 12.2. The maximum atomic E-state index is 12.6. The highest BCUT2D eigenvalue weighted by Crippen LogP contribution is 2.47. The van der Waals surface area contributed by atoms with Crippen molar-refractivity contribution in [1.29, 1.82) is 0 Å². The molecule has 4 atom stereocenters. The van der Waals surface area contributed by atoms with E-state index in [1.165, 1.54) is 0 Å². The van der Waals surface area contributed by atoms with Gasteiger partial charge in [-0.25, -0.2) is 0 Å². The predicted octanol–water partition coefficient (Wildman–Crippen LogP) is 3.13. The number of ether oxygens (including phenoxy) is 2. The highest BCUT2D eigenvalue weighted by atomic mass is 16.6. The number of carbonyl (C=O) groups excluding carboxylic acids is 2. The summed E-state index contributed by atoms with van der Waals surface area (Å²) in [4.78, 5) is 24.9. The SMILES string of the molecule is O=C(C[C@H]1C[C@H]2c3cc(NC(=O)C4CCC4)ccc3O[C@H]2[C@H](CO)O1)NCc1ccccc1. The first kappa shape index (κ1) is 21.9. The summed E-state index contributed by atoms with van der Waals surface area (Å²) in [5.41, 5.74) is 2.81. The Kier molecular flexibility index (Phi) is 6.33. The zero-order valence-corrected chi connectivity index (χ0v) is 18.5. The van der Waals surface area contributed by atoms with E-state index in [4.69, 9.17) is 9.47 Å². The first-order chi connectivity index (χ1) is 16.1. The molecule has 5 rings (SSSR count). The molecule has 2 aliphatic heterocycles. The highest BCUT2D eigenvalue weighted by molar-refractivity contribution is 5.93. The van der Waals surface area contributed by atoms with E-state index >= 15 is 0 Å². The lowest BCUT2D eigenvalue weighted by Crippen LogP contribution is -2.47. The van der Waals surface area contributed by atoms with Crippen molar-refractivity contribution in [3.05, 3.63) is 59.7 Å². The molecule has 0 spiro atoms. The van der Waals surface area contributed by atoms with E-state index < -0.39 is 6.10 Å². The zero-order valence-electron chi connectivity index (χ0n) is 18.5. The molecule has 1 aliphatic carbocycles. The predicted molar refractivity (Wildman–Crippen MR) is 123 cm³/mol. The number of hydrogen-bond acceptors (Lipinski definition) is 5. The number of hydrogen-bond donors (Lipinski definition) is 3. The van der Waals surface area contributed by atoms with Crippen molar-refractivity contribution in [1.82, 2.24) is 5.32 Å². The van der Waals surface area contributed by atoms with E-state index in [0.717, 1.165) is 41.8 Å². The highest BCUT2D eigenvalue weighted by Gasteiger charge is 2.46. The second kappa shape index (κ2) is 9.53.